The fourth-order valence-corrected chi connectivity index (χ4v) is 4.67. The number of hydrogen-bond acceptors (Lipinski definition) is 3. The summed E-state index contributed by atoms with van der Waals surface area (Å²) in [6.45, 7) is 34.5. The van der Waals surface area contributed by atoms with Gasteiger partial charge in [0.15, 0.2) is 0 Å². The van der Waals surface area contributed by atoms with Gasteiger partial charge in [-0.1, -0.05) is 55.4 Å². The van der Waals surface area contributed by atoms with Gasteiger partial charge in [-0.3, -0.25) is 4.79 Å². The molecule has 0 rings (SSSR count). The minimum atomic E-state index is -0.638. The van der Waals surface area contributed by atoms with Gasteiger partial charge in [0.1, 0.15) is 5.60 Å². The van der Waals surface area contributed by atoms with Crippen LogP contribution >= 0.6 is 0 Å². The number of carbonyl (C=O) groups excluding carboxylic acids is 1. The Balaban J connectivity index is 5.91. The van der Waals surface area contributed by atoms with Crippen molar-refractivity contribution in [2.45, 2.75) is 153 Å². The van der Waals surface area contributed by atoms with Gasteiger partial charge in [-0.25, -0.2) is 0 Å². The first kappa shape index (κ1) is 30.4. The Kier molecular flexibility index (Phi) is 9.18. The monoisotopic (exact) mass is 440 g/mol. The number of ether oxygens (including phenoxy) is 2. The summed E-state index contributed by atoms with van der Waals surface area (Å²) in [7, 11) is 0. The predicted octanol–water partition coefficient (Wildman–Crippen LogP) is 8.59. The van der Waals surface area contributed by atoms with Gasteiger partial charge in [-0.15, -0.1) is 0 Å². The van der Waals surface area contributed by atoms with Gasteiger partial charge in [0, 0.05) is 5.41 Å². The minimum Gasteiger partial charge on any atom is -0.458 e. The van der Waals surface area contributed by atoms with Crippen molar-refractivity contribution in [3.05, 3.63) is 0 Å². The lowest BCUT2D eigenvalue weighted by atomic mass is 9.58. The second-order valence-electron chi connectivity index (χ2n) is 13.5. The lowest BCUT2D eigenvalue weighted by Gasteiger charge is -2.52. The summed E-state index contributed by atoms with van der Waals surface area (Å²) in [6.07, 6.45) is 3.62. The summed E-state index contributed by atoms with van der Waals surface area (Å²) in [4.78, 5) is 13.7. The molecule has 0 aliphatic carbocycles. The van der Waals surface area contributed by atoms with Gasteiger partial charge < -0.3 is 9.47 Å². The second kappa shape index (κ2) is 9.35. The highest BCUT2D eigenvalue weighted by atomic mass is 16.6. The van der Waals surface area contributed by atoms with Gasteiger partial charge in [0.25, 0.3) is 0 Å². The Hall–Kier alpha value is -0.570. The molecule has 186 valence electrons. The average molecular weight is 441 g/mol. The van der Waals surface area contributed by atoms with Crippen molar-refractivity contribution < 1.29 is 14.3 Å². The fraction of sp³-hybridized carbons (Fsp3) is 0.964. The average Bonchev–Trinajstić information content (AvgIpc) is 2.57. The van der Waals surface area contributed by atoms with Crippen LogP contribution in [0.15, 0.2) is 0 Å². The maximum absolute atomic E-state index is 13.7. The van der Waals surface area contributed by atoms with E-state index < -0.39 is 11.0 Å². The fourth-order valence-electron chi connectivity index (χ4n) is 4.67. The first-order valence-corrected chi connectivity index (χ1v) is 12.4. The standard InChI is InChI=1S/C28H56O3/c1-17-27(15,18-2)28(16,19-3)30-21(29)25(11,12)23(7,8)20-24(9,10)26(13,14)31-22(4,5)6/h17-20H2,1-16H3. The van der Waals surface area contributed by atoms with E-state index in [1.807, 2.05) is 13.8 Å². The normalized spacial score (nSPS) is 16.8. The van der Waals surface area contributed by atoms with Gasteiger partial charge in [-0.05, 0) is 91.9 Å². The zero-order valence-corrected chi connectivity index (χ0v) is 24.1. The van der Waals surface area contributed by atoms with E-state index >= 15 is 0 Å². The van der Waals surface area contributed by atoms with E-state index in [1.54, 1.807) is 0 Å². The molecule has 0 spiro atoms. The van der Waals surface area contributed by atoms with Crippen molar-refractivity contribution in [2.75, 3.05) is 0 Å². The minimum absolute atomic E-state index is 0.0422. The Labute approximate surface area is 195 Å². The van der Waals surface area contributed by atoms with Crippen LogP contribution < -0.4 is 0 Å². The molecule has 3 nitrogen and oxygen atoms in total. The van der Waals surface area contributed by atoms with Gasteiger partial charge in [-0.2, -0.15) is 0 Å². The van der Waals surface area contributed by atoms with Crippen LogP contribution in [-0.2, 0) is 14.3 Å². The molecule has 31 heavy (non-hydrogen) atoms. The van der Waals surface area contributed by atoms with Crippen LogP contribution in [-0.4, -0.2) is 22.8 Å². The van der Waals surface area contributed by atoms with E-state index in [0.717, 1.165) is 25.7 Å². The van der Waals surface area contributed by atoms with Crippen molar-refractivity contribution in [1.82, 2.24) is 0 Å². The quantitative estimate of drug-likeness (QED) is 0.302. The summed E-state index contributed by atoms with van der Waals surface area (Å²) < 4.78 is 12.9. The third kappa shape index (κ3) is 6.49. The van der Waals surface area contributed by atoms with Crippen LogP contribution in [0.2, 0.25) is 0 Å². The number of rotatable bonds is 11. The van der Waals surface area contributed by atoms with Crippen molar-refractivity contribution in [1.29, 1.82) is 0 Å². The van der Waals surface area contributed by atoms with Crippen LogP contribution in [0.1, 0.15) is 136 Å². The highest BCUT2D eigenvalue weighted by molar-refractivity contribution is 5.77. The molecule has 0 radical (unpaired) electrons. The maximum atomic E-state index is 13.7. The molecule has 0 saturated heterocycles. The van der Waals surface area contributed by atoms with Crippen molar-refractivity contribution in [3.8, 4) is 0 Å². The largest absolute Gasteiger partial charge is 0.458 e. The first-order chi connectivity index (χ1) is 13.5. The molecule has 0 aliphatic rings. The molecule has 0 heterocycles. The molecular formula is C28H56O3. The number of carbonyl (C=O) groups is 1. The molecule has 1 atom stereocenters. The van der Waals surface area contributed by atoms with Gasteiger partial charge >= 0.3 is 5.97 Å². The molecule has 0 bridgehead atoms. The maximum Gasteiger partial charge on any atom is 0.312 e. The number of esters is 1. The summed E-state index contributed by atoms with van der Waals surface area (Å²) in [5, 5.41) is 0. The van der Waals surface area contributed by atoms with Gasteiger partial charge in [0.05, 0.1) is 16.6 Å². The Bertz CT molecular complexity index is 600. The van der Waals surface area contributed by atoms with E-state index in [-0.39, 0.29) is 33.4 Å². The summed E-state index contributed by atoms with van der Waals surface area (Å²) in [5.74, 6) is -0.0969. The van der Waals surface area contributed by atoms with Crippen molar-refractivity contribution >= 4 is 5.97 Å². The van der Waals surface area contributed by atoms with Crippen LogP contribution in [0.25, 0.3) is 0 Å². The third-order valence-corrected chi connectivity index (χ3v) is 9.11. The first-order valence-electron chi connectivity index (χ1n) is 12.4. The van der Waals surface area contributed by atoms with E-state index in [4.69, 9.17) is 9.47 Å². The third-order valence-electron chi connectivity index (χ3n) is 9.11. The predicted molar refractivity (Wildman–Crippen MR) is 134 cm³/mol. The summed E-state index contributed by atoms with van der Waals surface area (Å²) >= 11 is 0. The van der Waals surface area contributed by atoms with E-state index in [2.05, 4.69) is 96.9 Å². The topological polar surface area (TPSA) is 35.5 Å². The van der Waals surface area contributed by atoms with Gasteiger partial charge in [0.2, 0.25) is 0 Å². The van der Waals surface area contributed by atoms with Crippen LogP contribution in [0.3, 0.4) is 0 Å². The molecule has 0 saturated carbocycles. The van der Waals surface area contributed by atoms with E-state index in [9.17, 15) is 4.79 Å². The highest BCUT2D eigenvalue weighted by Crippen LogP contribution is 2.53. The number of hydrogen-bond donors (Lipinski definition) is 0. The Morgan fingerprint density at radius 2 is 1.06 bits per heavy atom. The van der Waals surface area contributed by atoms with E-state index in [1.165, 1.54) is 0 Å². The summed E-state index contributed by atoms with van der Waals surface area (Å²) in [5.41, 5.74) is -2.16. The smallest absolute Gasteiger partial charge is 0.312 e. The molecule has 0 fully saturated rings. The molecular weight excluding hydrogens is 384 g/mol. The Morgan fingerprint density at radius 3 is 1.39 bits per heavy atom. The second-order valence-corrected chi connectivity index (χ2v) is 13.5. The van der Waals surface area contributed by atoms with E-state index in [0.29, 0.717) is 0 Å². The molecule has 0 aromatic carbocycles. The SMILES string of the molecule is CCC(C)(CC)C(C)(CC)OC(=O)C(C)(C)C(C)(C)CC(C)(C)C(C)(C)OC(C)(C)C. The molecule has 0 aromatic heterocycles. The van der Waals surface area contributed by atoms with Crippen molar-refractivity contribution in [2.24, 2.45) is 21.7 Å². The van der Waals surface area contributed by atoms with Crippen LogP contribution in [0, 0.1) is 21.7 Å². The zero-order chi connectivity index (χ0) is 25.3. The zero-order valence-electron chi connectivity index (χ0n) is 24.1. The molecule has 0 aliphatic heterocycles. The highest BCUT2D eigenvalue weighted by Gasteiger charge is 2.53. The van der Waals surface area contributed by atoms with Crippen LogP contribution in [0.4, 0.5) is 0 Å². The lowest BCUT2D eigenvalue weighted by Crippen LogP contribution is -2.54. The molecule has 0 N–H and O–H groups in total. The summed E-state index contributed by atoms with van der Waals surface area (Å²) in [6, 6.07) is 0. The molecule has 1 unspecified atom stereocenters. The van der Waals surface area contributed by atoms with Crippen molar-refractivity contribution in [3.63, 3.8) is 0 Å². The lowest BCUT2D eigenvalue weighted by molar-refractivity contribution is -0.200. The molecule has 3 heteroatoms. The molecule has 0 aromatic rings. The Morgan fingerprint density at radius 1 is 0.645 bits per heavy atom. The molecule has 0 amide bonds. The van der Waals surface area contributed by atoms with Crippen LogP contribution in [0.5, 0.6) is 0 Å².